The first-order chi connectivity index (χ1) is 19.2. The number of hydrogen-bond acceptors (Lipinski definition) is 8. The number of nitrogens with one attached hydrogen (secondary N) is 1. The van der Waals surface area contributed by atoms with Gasteiger partial charge in [0.1, 0.15) is 23.3 Å². The number of fused-ring (bicyclic) bond motifs is 1. The zero-order valence-corrected chi connectivity index (χ0v) is 22.8. The summed E-state index contributed by atoms with van der Waals surface area (Å²) in [5.41, 5.74) is 5.96. The molecule has 0 bridgehead atoms. The van der Waals surface area contributed by atoms with Gasteiger partial charge in [0.25, 0.3) is 0 Å². The van der Waals surface area contributed by atoms with Crippen LogP contribution in [0.25, 0.3) is 33.4 Å². The lowest BCUT2D eigenvalue weighted by atomic mass is 9.98. The standard InChI is InChI=1S/C28H32N6O2.C2H4O/c1-19-18-35-16-14-33(19)25-17-22(20-7-3-4-8-23(20)29-2)21-10-12-30-28(27(21)32-25)24-11-13-31-34(24)26-9-5-6-15-36-26;1-2-3/h3-4,7-8,10-13,17,19,26,29H,5-6,9,14-16,18H2,1-2H3;2H,1H3. The number of morpholine rings is 1. The molecule has 2 aliphatic rings. The molecule has 5 heterocycles. The van der Waals surface area contributed by atoms with Crippen molar-refractivity contribution in [3.8, 4) is 22.5 Å². The second-order valence-electron chi connectivity index (χ2n) is 9.71. The molecule has 1 aromatic carbocycles. The fraction of sp³-hybridized carbons (Fsp3) is 0.400. The summed E-state index contributed by atoms with van der Waals surface area (Å²) in [4.78, 5) is 21.2. The molecule has 9 nitrogen and oxygen atoms in total. The number of pyridine rings is 2. The number of aromatic nitrogens is 4. The maximum atomic E-state index is 8.81. The molecule has 2 saturated heterocycles. The fourth-order valence-electron chi connectivity index (χ4n) is 5.35. The van der Waals surface area contributed by atoms with Crippen molar-refractivity contribution in [2.24, 2.45) is 0 Å². The van der Waals surface area contributed by atoms with E-state index in [9.17, 15) is 0 Å². The van der Waals surface area contributed by atoms with Crippen LogP contribution >= 0.6 is 0 Å². The first-order valence-corrected chi connectivity index (χ1v) is 13.6. The number of carbonyl (C=O) groups excluding carboxylic acids is 1. The molecular weight excluding hydrogens is 492 g/mol. The van der Waals surface area contributed by atoms with Gasteiger partial charge in [-0.25, -0.2) is 9.67 Å². The minimum absolute atomic E-state index is 0.0762. The van der Waals surface area contributed by atoms with E-state index >= 15 is 0 Å². The first kappa shape index (κ1) is 26.8. The van der Waals surface area contributed by atoms with Crippen molar-refractivity contribution in [2.75, 3.05) is 43.6 Å². The highest BCUT2D eigenvalue weighted by atomic mass is 16.5. The SMILES string of the molecule is CC=O.CNc1ccccc1-c1cc(N2CCOCC2C)nc2c(-c3ccnn3C3CCCCO3)nccc12. The number of rotatable bonds is 5. The van der Waals surface area contributed by atoms with E-state index in [-0.39, 0.29) is 12.3 Å². The van der Waals surface area contributed by atoms with E-state index in [2.05, 4.69) is 58.6 Å². The van der Waals surface area contributed by atoms with E-state index in [1.165, 1.54) is 6.92 Å². The lowest BCUT2D eigenvalue weighted by molar-refractivity contribution is -0.106. The maximum Gasteiger partial charge on any atom is 0.150 e. The zero-order chi connectivity index (χ0) is 27.2. The number of para-hydroxylation sites is 1. The number of ether oxygens (including phenoxy) is 2. The second kappa shape index (κ2) is 12.4. The highest BCUT2D eigenvalue weighted by Gasteiger charge is 2.25. The lowest BCUT2D eigenvalue weighted by Gasteiger charge is -2.34. The van der Waals surface area contributed by atoms with Crippen LogP contribution in [0.5, 0.6) is 0 Å². The Morgan fingerprint density at radius 3 is 2.69 bits per heavy atom. The maximum absolute atomic E-state index is 8.81. The van der Waals surface area contributed by atoms with Crippen LogP contribution in [-0.4, -0.2) is 65.5 Å². The van der Waals surface area contributed by atoms with Crippen LogP contribution in [0.15, 0.2) is 54.9 Å². The third-order valence-corrected chi connectivity index (χ3v) is 7.20. The van der Waals surface area contributed by atoms with E-state index in [1.807, 2.05) is 30.2 Å². The molecule has 3 aromatic heterocycles. The van der Waals surface area contributed by atoms with Gasteiger partial charge in [-0.2, -0.15) is 5.10 Å². The normalized spacial score (nSPS) is 19.3. The van der Waals surface area contributed by atoms with Crippen LogP contribution in [0.4, 0.5) is 11.5 Å². The Morgan fingerprint density at radius 2 is 1.92 bits per heavy atom. The first-order valence-electron chi connectivity index (χ1n) is 13.6. The van der Waals surface area contributed by atoms with Crippen molar-refractivity contribution >= 4 is 28.7 Å². The van der Waals surface area contributed by atoms with Gasteiger partial charge in [-0.15, -0.1) is 0 Å². The van der Waals surface area contributed by atoms with E-state index in [4.69, 9.17) is 24.2 Å². The number of hydrogen-bond donors (Lipinski definition) is 1. The van der Waals surface area contributed by atoms with Crippen LogP contribution in [0.2, 0.25) is 0 Å². The van der Waals surface area contributed by atoms with Gasteiger partial charge in [-0.05, 0) is 62.9 Å². The number of carbonyl (C=O) groups is 1. The quantitative estimate of drug-likeness (QED) is 0.347. The van der Waals surface area contributed by atoms with Crippen molar-refractivity contribution in [1.29, 1.82) is 0 Å². The molecule has 0 spiro atoms. The third kappa shape index (κ3) is 5.51. The molecule has 2 aliphatic heterocycles. The molecule has 0 radical (unpaired) electrons. The van der Waals surface area contributed by atoms with Gasteiger partial charge in [0.15, 0.2) is 6.23 Å². The molecule has 4 aromatic rings. The van der Waals surface area contributed by atoms with Gasteiger partial charge in [0.2, 0.25) is 0 Å². The van der Waals surface area contributed by atoms with Crippen LogP contribution in [0.1, 0.15) is 39.3 Å². The molecule has 0 saturated carbocycles. The summed E-state index contributed by atoms with van der Waals surface area (Å²) in [6.45, 7) is 6.57. The van der Waals surface area contributed by atoms with Crippen molar-refractivity contribution < 1.29 is 14.3 Å². The van der Waals surface area contributed by atoms with Crippen LogP contribution in [0.3, 0.4) is 0 Å². The Labute approximate surface area is 229 Å². The Morgan fingerprint density at radius 1 is 1.08 bits per heavy atom. The highest BCUT2D eigenvalue weighted by Crippen LogP contribution is 2.39. The van der Waals surface area contributed by atoms with Gasteiger partial charge in [0, 0.05) is 49.2 Å². The second-order valence-corrected chi connectivity index (χ2v) is 9.71. The molecule has 0 amide bonds. The summed E-state index contributed by atoms with van der Waals surface area (Å²) in [7, 11) is 1.96. The Bertz CT molecular complexity index is 1420. The predicted molar refractivity (Wildman–Crippen MR) is 154 cm³/mol. The van der Waals surface area contributed by atoms with Gasteiger partial charge >= 0.3 is 0 Å². The molecule has 39 heavy (non-hydrogen) atoms. The summed E-state index contributed by atoms with van der Waals surface area (Å²) in [6.07, 6.45) is 7.56. The minimum Gasteiger partial charge on any atom is -0.388 e. The smallest absolute Gasteiger partial charge is 0.150 e. The summed E-state index contributed by atoms with van der Waals surface area (Å²) in [5.74, 6) is 0.938. The monoisotopic (exact) mass is 528 g/mol. The van der Waals surface area contributed by atoms with Gasteiger partial charge < -0.3 is 24.5 Å². The molecule has 1 N–H and O–H groups in total. The zero-order valence-electron chi connectivity index (χ0n) is 22.8. The Hall–Kier alpha value is -3.82. The molecule has 6 rings (SSSR count). The van der Waals surface area contributed by atoms with Crippen LogP contribution < -0.4 is 10.2 Å². The number of aldehydes is 1. The van der Waals surface area contributed by atoms with Crippen molar-refractivity contribution in [3.05, 3.63) is 54.9 Å². The van der Waals surface area contributed by atoms with Crippen molar-refractivity contribution in [2.45, 2.75) is 45.4 Å². The average molecular weight is 529 g/mol. The number of anilines is 2. The van der Waals surface area contributed by atoms with Gasteiger partial charge in [-0.1, -0.05) is 18.2 Å². The molecule has 9 heteroatoms. The number of nitrogens with zero attached hydrogens (tertiary/aromatic N) is 5. The molecular formula is C30H36N6O3. The van der Waals surface area contributed by atoms with Crippen LogP contribution in [0, 0.1) is 0 Å². The van der Waals surface area contributed by atoms with Gasteiger partial charge in [-0.3, -0.25) is 4.98 Å². The summed E-state index contributed by atoms with van der Waals surface area (Å²) < 4.78 is 13.8. The minimum atomic E-state index is -0.0762. The molecule has 2 atom stereocenters. The van der Waals surface area contributed by atoms with E-state index in [0.717, 1.165) is 83.6 Å². The summed E-state index contributed by atoms with van der Waals surface area (Å²) in [5, 5.41) is 9.06. The third-order valence-electron chi connectivity index (χ3n) is 7.20. The Kier molecular flexibility index (Phi) is 8.48. The Balaban J connectivity index is 0.000000983. The van der Waals surface area contributed by atoms with Crippen molar-refractivity contribution in [1.82, 2.24) is 19.7 Å². The fourth-order valence-corrected chi connectivity index (χ4v) is 5.35. The average Bonchev–Trinajstić information content (AvgIpc) is 3.47. The molecule has 0 aliphatic carbocycles. The van der Waals surface area contributed by atoms with Gasteiger partial charge in [0.05, 0.1) is 24.9 Å². The van der Waals surface area contributed by atoms with Crippen molar-refractivity contribution in [3.63, 3.8) is 0 Å². The van der Waals surface area contributed by atoms with E-state index in [1.54, 1.807) is 0 Å². The van der Waals surface area contributed by atoms with E-state index < -0.39 is 0 Å². The van der Waals surface area contributed by atoms with E-state index in [0.29, 0.717) is 13.2 Å². The molecule has 2 fully saturated rings. The number of benzene rings is 1. The molecule has 204 valence electrons. The predicted octanol–water partition coefficient (Wildman–Crippen LogP) is 5.33. The molecule has 2 unspecified atom stereocenters. The highest BCUT2D eigenvalue weighted by molar-refractivity contribution is 6.03. The lowest BCUT2D eigenvalue weighted by Crippen LogP contribution is -2.44. The summed E-state index contributed by atoms with van der Waals surface area (Å²) in [6, 6.07) is 14.9. The summed E-state index contributed by atoms with van der Waals surface area (Å²) >= 11 is 0. The largest absolute Gasteiger partial charge is 0.388 e. The van der Waals surface area contributed by atoms with Crippen LogP contribution in [-0.2, 0) is 14.3 Å². The topological polar surface area (TPSA) is 94.4 Å².